The van der Waals surface area contributed by atoms with E-state index in [0.29, 0.717) is 0 Å². The summed E-state index contributed by atoms with van der Waals surface area (Å²) in [6.45, 7) is 0. The van der Waals surface area contributed by atoms with Gasteiger partial charge in [-0.2, -0.15) is 0 Å². The zero-order chi connectivity index (χ0) is 13.6. The summed E-state index contributed by atoms with van der Waals surface area (Å²) < 4.78 is 0. The minimum atomic E-state index is 0.923. The molecule has 98 valence electrons. The van der Waals surface area contributed by atoms with Crippen molar-refractivity contribution >= 4 is 11.8 Å². The summed E-state index contributed by atoms with van der Waals surface area (Å²) >= 11 is 1.73. The Kier molecular flexibility index (Phi) is 4.09. The van der Waals surface area contributed by atoms with Gasteiger partial charge in [0.1, 0.15) is 11.4 Å². The van der Waals surface area contributed by atoms with E-state index in [1.165, 1.54) is 5.56 Å². The lowest BCUT2D eigenvalue weighted by molar-refractivity contribution is 1.05. The fourth-order valence-electron chi connectivity index (χ4n) is 1.92. The van der Waals surface area contributed by atoms with Gasteiger partial charge in [-0.15, -0.1) is 11.8 Å². The van der Waals surface area contributed by atoms with Crippen molar-refractivity contribution in [3.63, 3.8) is 0 Å². The maximum atomic E-state index is 4.34. The van der Waals surface area contributed by atoms with Gasteiger partial charge in [-0.3, -0.25) is 0 Å². The van der Waals surface area contributed by atoms with Crippen LogP contribution in [0.15, 0.2) is 78.1 Å². The molecule has 0 aliphatic rings. The van der Waals surface area contributed by atoms with Crippen LogP contribution in [0.5, 0.6) is 0 Å². The van der Waals surface area contributed by atoms with E-state index in [0.717, 1.165) is 22.0 Å². The zero-order valence-electron chi connectivity index (χ0n) is 10.9. The number of hydrogen-bond acceptors (Lipinski definition) is 3. The van der Waals surface area contributed by atoms with Crippen molar-refractivity contribution < 1.29 is 0 Å². The van der Waals surface area contributed by atoms with Gasteiger partial charge in [0.15, 0.2) is 0 Å². The maximum absolute atomic E-state index is 4.34. The third kappa shape index (κ3) is 3.25. The molecular weight excluding hydrogens is 264 g/mol. The Morgan fingerprint density at radius 3 is 2.25 bits per heavy atom. The van der Waals surface area contributed by atoms with Crippen LogP contribution in [0.1, 0.15) is 5.56 Å². The fourth-order valence-corrected chi connectivity index (χ4v) is 2.74. The lowest BCUT2D eigenvalue weighted by Gasteiger charge is -2.04. The maximum Gasteiger partial charge on any atom is 0.117 e. The highest BCUT2D eigenvalue weighted by Gasteiger charge is 2.02. The van der Waals surface area contributed by atoms with Gasteiger partial charge in [-0.25, -0.2) is 9.97 Å². The summed E-state index contributed by atoms with van der Waals surface area (Å²) in [4.78, 5) is 8.67. The number of aromatic nitrogens is 2. The summed E-state index contributed by atoms with van der Waals surface area (Å²) in [5, 5.41) is 1.00. The quantitative estimate of drug-likeness (QED) is 0.521. The van der Waals surface area contributed by atoms with E-state index in [1.54, 1.807) is 18.1 Å². The normalized spacial score (nSPS) is 10.4. The van der Waals surface area contributed by atoms with E-state index < -0.39 is 0 Å². The molecule has 3 aromatic rings. The summed E-state index contributed by atoms with van der Waals surface area (Å²) in [5.41, 5.74) is 3.39. The van der Waals surface area contributed by atoms with Gasteiger partial charge < -0.3 is 0 Å². The number of rotatable bonds is 4. The standard InChI is InChI=1S/C17H14N2S/c1-3-7-14(8-4-1)12-20-17-11-16(18-13-19-17)15-9-5-2-6-10-15/h1-11,13H,12H2. The molecule has 0 saturated carbocycles. The van der Waals surface area contributed by atoms with Crippen LogP contribution in [0.4, 0.5) is 0 Å². The summed E-state index contributed by atoms with van der Waals surface area (Å²) in [6.07, 6.45) is 1.63. The molecule has 0 atom stereocenters. The first-order valence-corrected chi connectivity index (χ1v) is 7.44. The van der Waals surface area contributed by atoms with E-state index in [9.17, 15) is 0 Å². The largest absolute Gasteiger partial charge is 0.236 e. The molecule has 1 aromatic heterocycles. The highest BCUT2D eigenvalue weighted by molar-refractivity contribution is 7.98. The summed E-state index contributed by atoms with van der Waals surface area (Å²) in [6, 6.07) is 22.6. The van der Waals surface area contributed by atoms with Gasteiger partial charge in [0.2, 0.25) is 0 Å². The Morgan fingerprint density at radius 1 is 0.800 bits per heavy atom. The van der Waals surface area contributed by atoms with E-state index in [-0.39, 0.29) is 0 Å². The second-order valence-corrected chi connectivity index (χ2v) is 5.38. The predicted molar refractivity (Wildman–Crippen MR) is 83.5 cm³/mol. The first-order chi connectivity index (χ1) is 9.92. The SMILES string of the molecule is c1ccc(CSc2cc(-c3ccccc3)ncn2)cc1. The van der Waals surface area contributed by atoms with Crippen LogP contribution in [0, 0.1) is 0 Å². The van der Waals surface area contributed by atoms with Crippen molar-refractivity contribution in [2.24, 2.45) is 0 Å². The van der Waals surface area contributed by atoms with Crippen molar-refractivity contribution in [1.82, 2.24) is 9.97 Å². The molecule has 0 aliphatic carbocycles. The summed E-state index contributed by atoms with van der Waals surface area (Å²) in [7, 11) is 0. The van der Waals surface area contributed by atoms with Gasteiger partial charge in [0.05, 0.1) is 5.69 Å². The Hall–Kier alpha value is -2.13. The van der Waals surface area contributed by atoms with Gasteiger partial charge in [-0.1, -0.05) is 60.7 Å². The molecule has 20 heavy (non-hydrogen) atoms. The molecule has 0 aliphatic heterocycles. The molecule has 2 nitrogen and oxygen atoms in total. The number of benzene rings is 2. The van der Waals surface area contributed by atoms with Crippen molar-refractivity contribution in [2.75, 3.05) is 0 Å². The lowest BCUT2D eigenvalue weighted by atomic mass is 10.1. The molecule has 3 rings (SSSR count). The van der Waals surface area contributed by atoms with E-state index in [4.69, 9.17) is 0 Å². The molecule has 0 fully saturated rings. The molecule has 0 N–H and O–H groups in total. The minimum absolute atomic E-state index is 0.923. The number of thioether (sulfide) groups is 1. The van der Waals surface area contributed by atoms with Crippen molar-refractivity contribution in [2.45, 2.75) is 10.8 Å². The number of nitrogens with zero attached hydrogens (tertiary/aromatic N) is 2. The van der Waals surface area contributed by atoms with E-state index in [2.05, 4.69) is 46.4 Å². The molecule has 0 saturated heterocycles. The molecule has 3 heteroatoms. The Labute approximate surface area is 122 Å². The Balaban J connectivity index is 1.75. The third-order valence-corrected chi connectivity index (χ3v) is 3.94. The van der Waals surface area contributed by atoms with Crippen LogP contribution >= 0.6 is 11.8 Å². The first-order valence-electron chi connectivity index (χ1n) is 6.46. The molecule has 0 radical (unpaired) electrons. The minimum Gasteiger partial charge on any atom is -0.236 e. The highest BCUT2D eigenvalue weighted by atomic mass is 32.2. The Bertz CT molecular complexity index is 669. The van der Waals surface area contributed by atoms with Gasteiger partial charge >= 0.3 is 0 Å². The average Bonchev–Trinajstić information content (AvgIpc) is 2.55. The highest BCUT2D eigenvalue weighted by Crippen LogP contribution is 2.24. The van der Waals surface area contributed by atoms with Crippen LogP contribution in [-0.4, -0.2) is 9.97 Å². The Morgan fingerprint density at radius 2 is 1.50 bits per heavy atom. The molecular formula is C17H14N2S. The first kappa shape index (κ1) is 12.9. The third-order valence-electron chi connectivity index (χ3n) is 2.94. The van der Waals surface area contributed by atoms with Gasteiger partial charge in [0.25, 0.3) is 0 Å². The van der Waals surface area contributed by atoms with Crippen molar-refractivity contribution in [1.29, 1.82) is 0 Å². The molecule has 2 aromatic carbocycles. The second kappa shape index (κ2) is 6.35. The van der Waals surface area contributed by atoms with Crippen LogP contribution in [0.25, 0.3) is 11.3 Å². The smallest absolute Gasteiger partial charge is 0.117 e. The molecule has 0 amide bonds. The van der Waals surface area contributed by atoms with Crippen molar-refractivity contribution in [3.05, 3.63) is 78.6 Å². The average molecular weight is 278 g/mol. The fraction of sp³-hybridized carbons (Fsp3) is 0.0588. The molecule has 1 heterocycles. The lowest BCUT2D eigenvalue weighted by Crippen LogP contribution is -1.88. The predicted octanol–water partition coefficient (Wildman–Crippen LogP) is 4.44. The molecule has 0 bridgehead atoms. The van der Waals surface area contributed by atoms with Crippen molar-refractivity contribution in [3.8, 4) is 11.3 Å². The molecule has 0 unspecified atom stereocenters. The van der Waals surface area contributed by atoms with Crippen LogP contribution in [0.2, 0.25) is 0 Å². The van der Waals surface area contributed by atoms with Crippen LogP contribution < -0.4 is 0 Å². The van der Waals surface area contributed by atoms with Crippen LogP contribution in [0.3, 0.4) is 0 Å². The van der Waals surface area contributed by atoms with E-state index in [1.807, 2.05) is 30.3 Å². The monoisotopic (exact) mass is 278 g/mol. The molecule has 0 spiro atoms. The zero-order valence-corrected chi connectivity index (χ0v) is 11.8. The summed E-state index contributed by atoms with van der Waals surface area (Å²) in [5.74, 6) is 0.923. The number of hydrogen-bond donors (Lipinski definition) is 0. The van der Waals surface area contributed by atoms with E-state index >= 15 is 0 Å². The second-order valence-electron chi connectivity index (χ2n) is 4.38. The van der Waals surface area contributed by atoms with Gasteiger partial charge in [-0.05, 0) is 11.6 Å². The van der Waals surface area contributed by atoms with Crippen LogP contribution in [-0.2, 0) is 5.75 Å². The topological polar surface area (TPSA) is 25.8 Å². The van der Waals surface area contributed by atoms with Gasteiger partial charge in [0, 0.05) is 11.3 Å².